The summed E-state index contributed by atoms with van der Waals surface area (Å²) >= 11 is 0. The van der Waals surface area contributed by atoms with Crippen LogP contribution in [0.5, 0.6) is 5.75 Å². The number of nitrogens with one attached hydrogen (secondary N) is 1. The number of hydrogen-bond donors (Lipinski definition) is 1. The van der Waals surface area contributed by atoms with Crippen LogP contribution in [0.15, 0.2) is 72.8 Å². The van der Waals surface area contributed by atoms with Crippen LogP contribution >= 0.6 is 0 Å². The van der Waals surface area contributed by atoms with Crippen molar-refractivity contribution in [1.82, 2.24) is 0 Å². The lowest BCUT2D eigenvalue weighted by Crippen LogP contribution is -2.29. The second kappa shape index (κ2) is 9.62. The van der Waals surface area contributed by atoms with Crippen LogP contribution < -0.4 is 19.9 Å². The van der Waals surface area contributed by atoms with E-state index < -0.39 is 5.92 Å². The molecule has 0 spiro atoms. The number of hydrogen-bond acceptors (Lipinski definition) is 4. The third-order valence-corrected chi connectivity index (χ3v) is 6.48. The molecule has 0 aliphatic carbocycles. The maximum absolute atomic E-state index is 13.0. The van der Waals surface area contributed by atoms with Gasteiger partial charge in [-0.1, -0.05) is 30.3 Å². The van der Waals surface area contributed by atoms with E-state index in [1.807, 2.05) is 55.5 Å². The van der Waals surface area contributed by atoms with Crippen molar-refractivity contribution in [2.45, 2.75) is 19.8 Å². The van der Waals surface area contributed by atoms with Crippen LogP contribution in [0.25, 0.3) is 0 Å². The van der Waals surface area contributed by atoms with Crippen LogP contribution in [0.4, 0.5) is 17.1 Å². The molecule has 2 heterocycles. The molecule has 1 fully saturated rings. The average Bonchev–Trinajstić information content (AvgIpc) is 3.48. The largest absolute Gasteiger partial charge is 0.492 e. The molecule has 2 aliphatic heterocycles. The summed E-state index contributed by atoms with van der Waals surface area (Å²) in [7, 11) is 0. The number of nitrogens with zero attached hydrogens (tertiary/aromatic N) is 2. The number of benzene rings is 3. The highest BCUT2D eigenvalue weighted by Crippen LogP contribution is 2.33. The van der Waals surface area contributed by atoms with Gasteiger partial charge in [-0.15, -0.1) is 0 Å². The summed E-state index contributed by atoms with van der Waals surface area (Å²) in [5.74, 6) is -0.228. The number of ether oxygens (including phenoxy) is 1. The standard InChI is InChI=1S/C28H27N3O4/c1-2-35-25-10-6-5-9-24(25)31-18-21(17-26(31)32)27(33)29-22-13-11-20(12-14-22)28(34)30-16-15-19-7-3-4-8-23(19)30/h3-14,21H,2,15-18H2,1H3,(H,29,33). The fourth-order valence-corrected chi connectivity index (χ4v) is 4.72. The van der Waals surface area contributed by atoms with Crippen LogP contribution in [0.1, 0.15) is 29.3 Å². The zero-order chi connectivity index (χ0) is 24.4. The van der Waals surface area contributed by atoms with E-state index in [0.717, 1.165) is 12.1 Å². The molecule has 178 valence electrons. The molecule has 0 bridgehead atoms. The maximum Gasteiger partial charge on any atom is 0.258 e. The van der Waals surface area contributed by atoms with Crippen molar-refractivity contribution in [3.05, 3.63) is 83.9 Å². The van der Waals surface area contributed by atoms with Gasteiger partial charge in [-0.05, 0) is 61.4 Å². The third-order valence-electron chi connectivity index (χ3n) is 6.48. The summed E-state index contributed by atoms with van der Waals surface area (Å²) in [5.41, 5.74) is 3.97. The second-order valence-electron chi connectivity index (χ2n) is 8.71. The molecular weight excluding hydrogens is 442 g/mol. The van der Waals surface area contributed by atoms with E-state index in [0.29, 0.717) is 42.4 Å². The minimum Gasteiger partial charge on any atom is -0.492 e. The third kappa shape index (κ3) is 4.49. The molecule has 1 N–H and O–H groups in total. The number of anilines is 3. The fourth-order valence-electron chi connectivity index (χ4n) is 4.72. The summed E-state index contributed by atoms with van der Waals surface area (Å²) < 4.78 is 5.65. The molecule has 3 aromatic rings. The Bertz CT molecular complexity index is 1270. The Morgan fingerprint density at radius 3 is 2.46 bits per heavy atom. The molecule has 5 rings (SSSR count). The van der Waals surface area contributed by atoms with Gasteiger partial charge in [0.2, 0.25) is 11.8 Å². The summed E-state index contributed by atoms with van der Waals surface area (Å²) in [6.45, 7) is 3.34. The molecule has 1 atom stereocenters. The second-order valence-corrected chi connectivity index (χ2v) is 8.71. The molecule has 1 unspecified atom stereocenters. The maximum atomic E-state index is 13.0. The summed E-state index contributed by atoms with van der Waals surface area (Å²) in [5, 5.41) is 2.89. The highest BCUT2D eigenvalue weighted by atomic mass is 16.5. The number of carbonyl (C=O) groups excluding carboxylic acids is 3. The van der Waals surface area contributed by atoms with Crippen LogP contribution in [0.2, 0.25) is 0 Å². The van der Waals surface area contributed by atoms with Gasteiger partial charge in [-0.3, -0.25) is 14.4 Å². The predicted octanol–water partition coefficient (Wildman–Crippen LogP) is 4.28. The van der Waals surface area contributed by atoms with Crippen molar-refractivity contribution < 1.29 is 19.1 Å². The quantitative estimate of drug-likeness (QED) is 0.585. The van der Waals surface area contributed by atoms with E-state index >= 15 is 0 Å². The first-order valence-electron chi connectivity index (χ1n) is 11.9. The fraction of sp³-hybridized carbons (Fsp3) is 0.250. The molecule has 2 aliphatic rings. The normalized spacial score (nSPS) is 16.8. The van der Waals surface area contributed by atoms with Crippen molar-refractivity contribution in [3.8, 4) is 5.75 Å². The van der Waals surface area contributed by atoms with Gasteiger partial charge < -0.3 is 19.9 Å². The minimum atomic E-state index is -0.473. The van der Waals surface area contributed by atoms with Gasteiger partial charge in [0.25, 0.3) is 5.91 Å². The molecule has 35 heavy (non-hydrogen) atoms. The first-order chi connectivity index (χ1) is 17.0. The van der Waals surface area contributed by atoms with E-state index in [2.05, 4.69) is 5.32 Å². The van der Waals surface area contributed by atoms with Gasteiger partial charge in [0.15, 0.2) is 0 Å². The lowest BCUT2D eigenvalue weighted by atomic mass is 10.1. The number of rotatable bonds is 6. The van der Waals surface area contributed by atoms with Crippen molar-refractivity contribution in [1.29, 1.82) is 0 Å². The first kappa shape index (κ1) is 22.7. The van der Waals surface area contributed by atoms with Gasteiger partial charge in [0.05, 0.1) is 18.2 Å². The van der Waals surface area contributed by atoms with Crippen LogP contribution in [-0.2, 0) is 16.0 Å². The van der Waals surface area contributed by atoms with Crippen molar-refractivity contribution in [2.24, 2.45) is 5.92 Å². The van der Waals surface area contributed by atoms with Crippen LogP contribution in [0, 0.1) is 5.92 Å². The lowest BCUT2D eigenvalue weighted by Gasteiger charge is -2.20. The number of carbonyl (C=O) groups is 3. The summed E-state index contributed by atoms with van der Waals surface area (Å²) in [6.07, 6.45) is 0.986. The Balaban J connectivity index is 1.23. The van der Waals surface area contributed by atoms with Crippen molar-refractivity contribution >= 4 is 34.8 Å². The summed E-state index contributed by atoms with van der Waals surface area (Å²) in [6, 6.07) is 22.2. The van der Waals surface area contributed by atoms with E-state index in [1.165, 1.54) is 5.56 Å². The lowest BCUT2D eigenvalue weighted by molar-refractivity contribution is -0.122. The molecule has 7 heteroatoms. The zero-order valence-corrected chi connectivity index (χ0v) is 19.6. The van der Waals surface area contributed by atoms with E-state index in [-0.39, 0.29) is 24.1 Å². The number of fused-ring (bicyclic) bond motifs is 1. The highest BCUT2D eigenvalue weighted by molar-refractivity contribution is 6.08. The van der Waals surface area contributed by atoms with Gasteiger partial charge in [0.1, 0.15) is 5.75 Å². The highest BCUT2D eigenvalue weighted by Gasteiger charge is 2.36. The smallest absolute Gasteiger partial charge is 0.258 e. The number of para-hydroxylation sites is 3. The molecule has 1 saturated heterocycles. The Morgan fingerprint density at radius 1 is 0.971 bits per heavy atom. The van der Waals surface area contributed by atoms with Crippen LogP contribution in [-0.4, -0.2) is 37.4 Å². The molecule has 0 radical (unpaired) electrons. The molecule has 3 aromatic carbocycles. The zero-order valence-electron chi connectivity index (χ0n) is 19.6. The molecule has 0 aromatic heterocycles. The molecule has 7 nitrogen and oxygen atoms in total. The topological polar surface area (TPSA) is 79.0 Å². The summed E-state index contributed by atoms with van der Waals surface area (Å²) in [4.78, 5) is 42.0. The van der Waals surface area contributed by atoms with Gasteiger partial charge in [-0.25, -0.2) is 0 Å². The molecule has 3 amide bonds. The average molecular weight is 470 g/mol. The predicted molar refractivity (Wildman–Crippen MR) is 135 cm³/mol. The number of amides is 3. The van der Waals surface area contributed by atoms with Crippen LogP contribution in [0.3, 0.4) is 0 Å². The van der Waals surface area contributed by atoms with Crippen molar-refractivity contribution in [2.75, 3.05) is 34.8 Å². The van der Waals surface area contributed by atoms with E-state index in [4.69, 9.17) is 4.74 Å². The Morgan fingerprint density at radius 2 is 1.69 bits per heavy atom. The van der Waals surface area contributed by atoms with E-state index in [1.54, 1.807) is 34.1 Å². The minimum absolute atomic E-state index is 0.0576. The van der Waals surface area contributed by atoms with Crippen molar-refractivity contribution in [3.63, 3.8) is 0 Å². The first-order valence-corrected chi connectivity index (χ1v) is 11.9. The monoisotopic (exact) mass is 469 g/mol. The SMILES string of the molecule is CCOc1ccccc1N1CC(C(=O)Nc2ccc(C(=O)N3CCc4ccccc43)cc2)CC1=O. The van der Waals surface area contributed by atoms with Gasteiger partial charge >= 0.3 is 0 Å². The Hall–Kier alpha value is -4.13. The van der Waals surface area contributed by atoms with Gasteiger partial charge in [-0.2, -0.15) is 0 Å². The molecular formula is C28H27N3O4. The van der Waals surface area contributed by atoms with Gasteiger partial charge in [0, 0.05) is 36.4 Å². The molecule has 0 saturated carbocycles. The Labute approximate surface area is 204 Å². The van der Waals surface area contributed by atoms with E-state index in [9.17, 15) is 14.4 Å². The Kier molecular flexibility index (Phi) is 6.23.